The average Bonchev–Trinajstić information content (AvgIpc) is 2.62. The second-order valence-corrected chi connectivity index (χ2v) is 6.13. The summed E-state index contributed by atoms with van der Waals surface area (Å²) in [4.78, 5) is 30.3. The third kappa shape index (κ3) is 3.24. The molecule has 4 N–H and O–H groups in total. The van der Waals surface area contributed by atoms with Gasteiger partial charge in [0.25, 0.3) is 5.56 Å². The van der Waals surface area contributed by atoms with Crippen LogP contribution < -0.4 is 21.7 Å². The highest BCUT2D eigenvalue weighted by atomic mass is 16.5. The number of nitrogens with zero attached hydrogens (tertiary/aromatic N) is 2. The Morgan fingerprint density at radius 3 is 2.67 bits per heavy atom. The molecule has 8 heteroatoms. The van der Waals surface area contributed by atoms with Gasteiger partial charge in [-0.25, -0.2) is 9.78 Å². The number of H-pyrrole nitrogens is 1. The van der Waals surface area contributed by atoms with Crippen molar-refractivity contribution in [2.75, 3.05) is 5.73 Å². The van der Waals surface area contributed by atoms with E-state index in [9.17, 15) is 9.59 Å². The number of nitrogens with one attached hydrogen (secondary N) is 2. The SMILES string of the molecule is Cc1cc(Oc2nccc(N)c2C=N)ccc1-c1c(C)c(=O)[nH]c(=O)n1C. The van der Waals surface area contributed by atoms with Crippen molar-refractivity contribution in [1.29, 1.82) is 5.41 Å². The number of nitrogen functional groups attached to an aromatic ring is 1. The predicted molar refractivity (Wildman–Crippen MR) is 104 cm³/mol. The lowest BCUT2D eigenvalue weighted by Gasteiger charge is -2.15. The number of hydrogen-bond acceptors (Lipinski definition) is 6. The molecule has 27 heavy (non-hydrogen) atoms. The molecule has 0 atom stereocenters. The van der Waals surface area contributed by atoms with E-state index in [1.165, 1.54) is 10.8 Å². The topological polar surface area (TPSA) is 127 Å². The van der Waals surface area contributed by atoms with Crippen LogP contribution in [0, 0.1) is 19.3 Å². The van der Waals surface area contributed by atoms with Gasteiger partial charge < -0.3 is 15.9 Å². The van der Waals surface area contributed by atoms with Crippen LogP contribution >= 0.6 is 0 Å². The number of rotatable bonds is 4. The summed E-state index contributed by atoms with van der Waals surface area (Å²) in [5, 5.41) is 7.48. The smallest absolute Gasteiger partial charge is 0.328 e. The first-order valence-corrected chi connectivity index (χ1v) is 8.17. The first-order chi connectivity index (χ1) is 12.8. The zero-order valence-corrected chi connectivity index (χ0v) is 15.2. The average molecular weight is 365 g/mol. The highest BCUT2D eigenvalue weighted by Crippen LogP contribution is 2.30. The molecule has 0 saturated heterocycles. The van der Waals surface area contributed by atoms with E-state index in [2.05, 4.69) is 9.97 Å². The van der Waals surface area contributed by atoms with Crippen molar-refractivity contribution in [1.82, 2.24) is 14.5 Å². The Hall–Kier alpha value is -3.68. The Kier molecular flexibility index (Phi) is 4.64. The van der Waals surface area contributed by atoms with Crippen LogP contribution in [0.4, 0.5) is 5.69 Å². The number of aryl methyl sites for hydroxylation is 1. The third-order valence-corrected chi connectivity index (χ3v) is 4.36. The predicted octanol–water partition coefficient (Wildman–Crippen LogP) is 2.12. The number of pyridine rings is 1. The van der Waals surface area contributed by atoms with Gasteiger partial charge in [-0.15, -0.1) is 0 Å². The summed E-state index contributed by atoms with van der Waals surface area (Å²) >= 11 is 0. The lowest BCUT2D eigenvalue weighted by atomic mass is 10.0. The van der Waals surface area contributed by atoms with Crippen LogP contribution in [0.1, 0.15) is 16.7 Å². The Morgan fingerprint density at radius 1 is 1.26 bits per heavy atom. The first-order valence-electron chi connectivity index (χ1n) is 8.17. The van der Waals surface area contributed by atoms with Crippen molar-refractivity contribution in [3.8, 4) is 22.9 Å². The summed E-state index contributed by atoms with van der Waals surface area (Å²) < 4.78 is 7.19. The number of anilines is 1. The van der Waals surface area contributed by atoms with Gasteiger partial charge >= 0.3 is 5.69 Å². The fourth-order valence-electron chi connectivity index (χ4n) is 2.89. The molecule has 0 bridgehead atoms. The number of ether oxygens (including phenoxy) is 1. The molecular weight excluding hydrogens is 346 g/mol. The molecule has 1 aromatic carbocycles. The molecule has 0 radical (unpaired) electrons. The molecule has 0 fully saturated rings. The zero-order chi connectivity index (χ0) is 19.7. The van der Waals surface area contributed by atoms with Crippen LogP contribution in [0.3, 0.4) is 0 Å². The normalized spacial score (nSPS) is 10.6. The van der Waals surface area contributed by atoms with Gasteiger partial charge in [0, 0.05) is 36.3 Å². The Morgan fingerprint density at radius 2 is 2.00 bits per heavy atom. The highest BCUT2D eigenvalue weighted by molar-refractivity contribution is 5.87. The Balaban J connectivity index is 2.07. The van der Waals surface area contributed by atoms with Gasteiger partial charge in [-0.05, 0) is 43.7 Å². The lowest BCUT2D eigenvalue weighted by molar-refractivity contribution is 0.462. The maximum atomic E-state index is 12.0. The van der Waals surface area contributed by atoms with Crippen LogP contribution in [-0.2, 0) is 7.05 Å². The quantitative estimate of drug-likeness (QED) is 0.610. The molecule has 0 amide bonds. The second-order valence-electron chi connectivity index (χ2n) is 6.13. The van der Waals surface area contributed by atoms with Crippen molar-refractivity contribution in [3.05, 3.63) is 68.0 Å². The molecule has 2 aromatic heterocycles. The molecule has 138 valence electrons. The monoisotopic (exact) mass is 365 g/mol. The van der Waals surface area contributed by atoms with E-state index in [0.717, 1.165) is 17.3 Å². The van der Waals surface area contributed by atoms with Gasteiger partial charge in [-0.2, -0.15) is 0 Å². The van der Waals surface area contributed by atoms with E-state index in [0.29, 0.717) is 28.3 Å². The number of hydrogen-bond donors (Lipinski definition) is 3. The van der Waals surface area contributed by atoms with Gasteiger partial charge in [-0.1, -0.05) is 0 Å². The van der Waals surface area contributed by atoms with E-state index in [1.54, 1.807) is 38.2 Å². The van der Waals surface area contributed by atoms with Crippen molar-refractivity contribution in [3.63, 3.8) is 0 Å². The molecule has 0 spiro atoms. The molecule has 8 nitrogen and oxygen atoms in total. The first kappa shape index (κ1) is 18.1. The van der Waals surface area contributed by atoms with E-state index >= 15 is 0 Å². The van der Waals surface area contributed by atoms with Crippen LogP contribution in [0.5, 0.6) is 11.6 Å². The number of aromatic nitrogens is 3. The van der Waals surface area contributed by atoms with E-state index in [1.807, 2.05) is 6.92 Å². The van der Waals surface area contributed by atoms with Crippen LogP contribution in [-0.4, -0.2) is 20.7 Å². The maximum absolute atomic E-state index is 12.0. The van der Waals surface area contributed by atoms with Gasteiger partial charge in [0.2, 0.25) is 5.88 Å². The minimum Gasteiger partial charge on any atom is -0.438 e. The van der Waals surface area contributed by atoms with Crippen LogP contribution in [0.15, 0.2) is 40.1 Å². The van der Waals surface area contributed by atoms with E-state index in [4.69, 9.17) is 15.9 Å². The van der Waals surface area contributed by atoms with Gasteiger partial charge in [0.1, 0.15) is 5.75 Å². The summed E-state index contributed by atoms with van der Waals surface area (Å²) in [6.07, 6.45) is 2.60. The summed E-state index contributed by atoms with van der Waals surface area (Å²) in [6.45, 7) is 3.53. The Bertz CT molecular complexity index is 1130. The van der Waals surface area contributed by atoms with Crippen molar-refractivity contribution in [2.45, 2.75) is 13.8 Å². The molecule has 0 saturated carbocycles. The Labute approximate surface area is 154 Å². The molecule has 0 unspecified atom stereocenters. The maximum Gasteiger partial charge on any atom is 0.328 e. The molecule has 0 aliphatic rings. The molecule has 2 heterocycles. The van der Waals surface area contributed by atoms with Gasteiger partial charge in [-0.3, -0.25) is 14.3 Å². The zero-order valence-electron chi connectivity index (χ0n) is 15.2. The molecule has 3 aromatic rings. The third-order valence-electron chi connectivity index (χ3n) is 4.36. The second kappa shape index (κ2) is 6.91. The van der Waals surface area contributed by atoms with E-state index in [-0.39, 0.29) is 5.88 Å². The largest absolute Gasteiger partial charge is 0.438 e. The number of aromatic amines is 1. The van der Waals surface area contributed by atoms with Crippen molar-refractivity contribution in [2.24, 2.45) is 7.05 Å². The van der Waals surface area contributed by atoms with Crippen molar-refractivity contribution < 1.29 is 4.74 Å². The fourth-order valence-corrected chi connectivity index (χ4v) is 2.89. The lowest BCUT2D eigenvalue weighted by Crippen LogP contribution is -2.31. The van der Waals surface area contributed by atoms with Crippen LogP contribution in [0.2, 0.25) is 0 Å². The standard InChI is InChI=1S/C19H19N5O3/c1-10-8-12(27-18-14(9-20)15(21)6-7-22-18)4-5-13(10)16-11(2)17(25)23-19(26)24(16)3/h4-9,20H,1-3H3,(H2,21,22)(H,23,25,26). The number of nitrogens with two attached hydrogens (primary N) is 1. The minimum absolute atomic E-state index is 0.233. The highest BCUT2D eigenvalue weighted by Gasteiger charge is 2.15. The molecular formula is C19H19N5O3. The summed E-state index contributed by atoms with van der Waals surface area (Å²) in [6, 6.07) is 6.87. The van der Waals surface area contributed by atoms with Crippen LogP contribution in [0.25, 0.3) is 11.3 Å². The number of benzene rings is 1. The van der Waals surface area contributed by atoms with E-state index < -0.39 is 11.2 Å². The molecule has 0 aliphatic carbocycles. The summed E-state index contributed by atoms with van der Waals surface area (Å²) in [7, 11) is 1.61. The van der Waals surface area contributed by atoms with Gasteiger partial charge in [0.05, 0.1) is 11.3 Å². The summed E-state index contributed by atoms with van der Waals surface area (Å²) in [5.74, 6) is 0.738. The van der Waals surface area contributed by atoms with Gasteiger partial charge in [0.15, 0.2) is 0 Å². The van der Waals surface area contributed by atoms with Crippen molar-refractivity contribution >= 4 is 11.9 Å². The fraction of sp³-hybridized carbons (Fsp3) is 0.158. The molecule has 0 aliphatic heterocycles. The summed E-state index contributed by atoms with van der Waals surface area (Å²) in [5.41, 5.74) is 8.33. The molecule has 3 rings (SSSR count). The minimum atomic E-state index is -0.472.